The third-order valence-corrected chi connectivity index (χ3v) is 4.71. The minimum absolute atomic E-state index is 0.160. The van der Waals surface area contributed by atoms with Crippen LogP contribution in [-0.2, 0) is 4.74 Å². The highest BCUT2D eigenvalue weighted by molar-refractivity contribution is 4.98. The van der Waals surface area contributed by atoms with Gasteiger partial charge in [0.1, 0.15) is 0 Å². The van der Waals surface area contributed by atoms with Crippen LogP contribution in [0.3, 0.4) is 0 Å². The Morgan fingerprint density at radius 2 is 1.54 bits per heavy atom. The van der Waals surface area contributed by atoms with Crippen molar-refractivity contribution in [2.45, 2.75) is 66.2 Å². The first-order valence-electron chi connectivity index (χ1n) is 9.45. The van der Waals surface area contributed by atoms with Gasteiger partial charge in [0.2, 0.25) is 0 Å². The van der Waals surface area contributed by atoms with Gasteiger partial charge in [0.15, 0.2) is 0 Å². The SMILES string of the molecule is CC(=CCOCC(CO)(CO)CO)CCCC(C)CCCC(C)C. The Bertz CT molecular complexity index is 313. The van der Waals surface area contributed by atoms with Crippen molar-refractivity contribution in [3.05, 3.63) is 11.6 Å². The zero-order valence-electron chi connectivity index (χ0n) is 16.3. The fraction of sp³-hybridized carbons (Fsp3) is 0.900. The summed E-state index contributed by atoms with van der Waals surface area (Å²) in [5.41, 5.74) is 0.375. The predicted octanol–water partition coefficient (Wildman–Crippen LogP) is 3.55. The molecule has 0 radical (unpaired) electrons. The summed E-state index contributed by atoms with van der Waals surface area (Å²) in [7, 11) is 0. The largest absolute Gasteiger partial charge is 0.396 e. The second kappa shape index (κ2) is 13.8. The van der Waals surface area contributed by atoms with E-state index in [1.54, 1.807) is 0 Å². The molecule has 0 aliphatic rings. The average Bonchev–Trinajstić information content (AvgIpc) is 2.55. The molecule has 0 aliphatic carbocycles. The topological polar surface area (TPSA) is 69.9 Å². The van der Waals surface area contributed by atoms with Crippen LogP contribution >= 0.6 is 0 Å². The number of rotatable bonds is 15. The van der Waals surface area contributed by atoms with E-state index in [2.05, 4.69) is 33.8 Å². The van der Waals surface area contributed by atoms with Crippen molar-refractivity contribution in [2.75, 3.05) is 33.0 Å². The Hall–Kier alpha value is -0.420. The van der Waals surface area contributed by atoms with Crippen molar-refractivity contribution in [3.8, 4) is 0 Å². The van der Waals surface area contributed by atoms with Crippen LogP contribution in [0.5, 0.6) is 0 Å². The molecule has 0 aromatic heterocycles. The number of hydrogen-bond donors (Lipinski definition) is 3. The fourth-order valence-corrected chi connectivity index (χ4v) is 2.61. The van der Waals surface area contributed by atoms with E-state index in [-0.39, 0.29) is 26.4 Å². The van der Waals surface area contributed by atoms with Crippen LogP contribution in [0.2, 0.25) is 0 Å². The first-order valence-corrected chi connectivity index (χ1v) is 9.45. The molecular weight excluding hydrogens is 304 g/mol. The molecule has 24 heavy (non-hydrogen) atoms. The molecule has 144 valence electrons. The maximum absolute atomic E-state index is 9.23. The molecule has 0 rings (SSSR count). The summed E-state index contributed by atoms with van der Waals surface area (Å²) in [6, 6.07) is 0. The molecule has 0 amide bonds. The van der Waals surface area contributed by atoms with Gasteiger partial charge in [-0.3, -0.25) is 0 Å². The fourth-order valence-electron chi connectivity index (χ4n) is 2.61. The van der Waals surface area contributed by atoms with Crippen LogP contribution < -0.4 is 0 Å². The summed E-state index contributed by atoms with van der Waals surface area (Å²) in [5, 5.41) is 27.7. The van der Waals surface area contributed by atoms with Crippen LogP contribution in [0.1, 0.15) is 66.2 Å². The maximum Gasteiger partial charge on any atom is 0.0650 e. The van der Waals surface area contributed by atoms with Gasteiger partial charge in [-0.1, -0.05) is 58.1 Å². The number of aliphatic hydroxyl groups excluding tert-OH is 3. The quantitative estimate of drug-likeness (QED) is 0.314. The van der Waals surface area contributed by atoms with Gasteiger partial charge < -0.3 is 20.1 Å². The Morgan fingerprint density at radius 3 is 2.08 bits per heavy atom. The van der Waals surface area contributed by atoms with Crippen molar-refractivity contribution in [3.63, 3.8) is 0 Å². The Balaban J connectivity index is 3.84. The molecule has 4 nitrogen and oxygen atoms in total. The molecule has 0 fully saturated rings. The van der Waals surface area contributed by atoms with Crippen molar-refractivity contribution in [1.82, 2.24) is 0 Å². The lowest BCUT2D eigenvalue weighted by atomic mass is 9.93. The first kappa shape index (κ1) is 23.6. The van der Waals surface area contributed by atoms with Gasteiger partial charge in [0.05, 0.1) is 38.4 Å². The average molecular weight is 345 g/mol. The van der Waals surface area contributed by atoms with Crippen LogP contribution in [0.15, 0.2) is 11.6 Å². The van der Waals surface area contributed by atoms with Gasteiger partial charge in [0.25, 0.3) is 0 Å². The second-order valence-corrected chi connectivity index (χ2v) is 7.86. The number of aliphatic hydroxyl groups is 3. The van der Waals surface area contributed by atoms with E-state index < -0.39 is 5.41 Å². The Kier molecular flexibility index (Phi) is 13.6. The summed E-state index contributed by atoms with van der Waals surface area (Å²) in [6.45, 7) is 8.81. The van der Waals surface area contributed by atoms with E-state index >= 15 is 0 Å². The van der Waals surface area contributed by atoms with Gasteiger partial charge in [-0.25, -0.2) is 0 Å². The van der Waals surface area contributed by atoms with Gasteiger partial charge in [-0.05, 0) is 31.6 Å². The summed E-state index contributed by atoms with van der Waals surface area (Å²) in [6.07, 6.45) is 9.62. The minimum atomic E-state index is -0.937. The summed E-state index contributed by atoms with van der Waals surface area (Å²) >= 11 is 0. The van der Waals surface area contributed by atoms with Gasteiger partial charge in [0, 0.05) is 0 Å². The normalized spacial score (nSPS) is 14.4. The highest BCUT2D eigenvalue weighted by Crippen LogP contribution is 2.19. The maximum atomic E-state index is 9.23. The molecule has 1 atom stereocenters. The van der Waals surface area contributed by atoms with Crippen molar-refractivity contribution in [1.29, 1.82) is 0 Å². The van der Waals surface area contributed by atoms with E-state index in [1.807, 2.05) is 0 Å². The van der Waals surface area contributed by atoms with E-state index in [4.69, 9.17) is 4.74 Å². The van der Waals surface area contributed by atoms with E-state index in [1.165, 1.54) is 37.7 Å². The highest BCUT2D eigenvalue weighted by atomic mass is 16.5. The minimum Gasteiger partial charge on any atom is -0.396 e. The van der Waals surface area contributed by atoms with Crippen molar-refractivity contribution in [2.24, 2.45) is 17.3 Å². The van der Waals surface area contributed by atoms with Crippen LogP contribution in [0.4, 0.5) is 0 Å². The zero-order chi connectivity index (χ0) is 18.4. The van der Waals surface area contributed by atoms with E-state index in [0.29, 0.717) is 6.61 Å². The zero-order valence-corrected chi connectivity index (χ0v) is 16.3. The molecule has 0 saturated carbocycles. The Labute approximate surface area is 148 Å². The van der Waals surface area contributed by atoms with Crippen LogP contribution in [0.25, 0.3) is 0 Å². The number of hydrogen-bond acceptors (Lipinski definition) is 4. The smallest absolute Gasteiger partial charge is 0.0650 e. The number of ether oxygens (including phenoxy) is 1. The molecule has 0 heterocycles. The molecule has 0 bridgehead atoms. The lowest BCUT2D eigenvalue weighted by Gasteiger charge is -2.26. The molecule has 0 spiro atoms. The molecule has 4 heteroatoms. The molecule has 0 saturated heterocycles. The van der Waals surface area contributed by atoms with Gasteiger partial charge in [-0.15, -0.1) is 0 Å². The van der Waals surface area contributed by atoms with Gasteiger partial charge >= 0.3 is 0 Å². The third kappa shape index (κ3) is 11.2. The van der Waals surface area contributed by atoms with E-state index in [9.17, 15) is 15.3 Å². The summed E-state index contributed by atoms with van der Waals surface area (Å²) in [4.78, 5) is 0. The molecule has 3 N–H and O–H groups in total. The van der Waals surface area contributed by atoms with Crippen LogP contribution in [0, 0.1) is 17.3 Å². The van der Waals surface area contributed by atoms with Gasteiger partial charge in [-0.2, -0.15) is 0 Å². The number of allylic oxidation sites excluding steroid dienone is 1. The molecule has 0 aromatic carbocycles. The monoisotopic (exact) mass is 344 g/mol. The van der Waals surface area contributed by atoms with Crippen molar-refractivity contribution < 1.29 is 20.1 Å². The lowest BCUT2D eigenvalue weighted by molar-refractivity contribution is -0.0524. The van der Waals surface area contributed by atoms with Crippen LogP contribution in [-0.4, -0.2) is 48.4 Å². The molecule has 0 aliphatic heterocycles. The summed E-state index contributed by atoms with van der Waals surface area (Å²) < 4.78 is 5.49. The second-order valence-electron chi connectivity index (χ2n) is 7.86. The summed E-state index contributed by atoms with van der Waals surface area (Å²) in [5.74, 6) is 1.61. The molecule has 1 unspecified atom stereocenters. The first-order chi connectivity index (χ1) is 11.4. The third-order valence-electron chi connectivity index (χ3n) is 4.71. The van der Waals surface area contributed by atoms with Crippen molar-refractivity contribution >= 4 is 0 Å². The lowest BCUT2D eigenvalue weighted by Crippen LogP contribution is -2.38. The Morgan fingerprint density at radius 1 is 0.958 bits per heavy atom. The highest BCUT2D eigenvalue weighted by Gasteiger charge is 2.28. The standard InChI is InChI=1S/C20H40O4/c1-17(2)7-5-8-18(3)9-6-10-19(4)11-12-24-16-20(13-21,14-22)15-23/h11,17-18,21-23H,5-10,12-16H2,1-4H3. The molecular formula is C20H40O4. The van der Waals surface area contributed by atoms with E-state index in [0.717, 1.165) is 18.3 Å². The molecule has 0 aromatic rings. The predicted molar refractivity (Wildman–Crippen MR) is 100.0 cm³/mol.